The van der Waals surface area contributed by atoms with E-state index < -0.39 is 11.9 Å². The molecule has 1 atom stereocenters. The molecule has 9 heteroatoms. The Balaban J connectivity index is 1.78. The number of halogens is 3. The van der Waals surface area contributed by atoms with Crippen molar-refractivity contribution in [3.63, 3.8) is 0 Å². The van der Waals surface area contributed by atoms with Gasteiger partial charge in [0.2, 0.25) is 5.91 Å². The average Bonchev–Trinajstić information content (AvgIpc) is 2.67. The predicted octanol–water partition coefficient (Wildman–Crippen LogP) is 3.13. The lowest BCUT2D eigenvalue weighted by Crippen LogP contribution is -2.39. The summed E-state index contributed by atoms with van der Waals surface area (Å²) in [7, 11) is 0. The number of hydrogen-bond donors (Lipinski definition) is 1. The van der Waals surface area contributed by atoms with E-state index in [1.54, 1.807) is 12.4 Å². The Kier molecular flexibility index (Phi) is 6.11. The molecule has 1 fully saturated rings. The Morgan fingerprint density at radius 2 is 2.00 bits per heavy atom. The molecule has 0 saturated carbocycles. The number of carbonyl (C=O) groups is 1. The fourth-order valence-electron chi connectivity index (χ4n) is 3.30. The first kappa shape index (κ1) is 20.0. The number of hydrogen-bond acceptors (Lipinski definition) is 5. The van der Waals surface area contributed by atoms with E-state index in [0.29, 0.717) is 23.5 Å². The van der Waals surface area contributed by atoms with Crippen LogP contribution >= 0.6 is 0 Å². The molecular weight excluding hydrogens is 371 g/mol. The molecule has 1 saturated heterocycles. The molecule has 0 aromatic carbocycles. The number of alkyl halides is 3. The average molecular weight is 393 g/mol. The number of anilines is 1. The Labute approximate surface area is 161 Å². The summed E-state index contributed by atoms with van der Waals surface area (Å²) < 4.78 is 39.5. The Hall–Kier alpha value is -2.71. The van der Waals surface area contributed by atoms with E-state index in [1.165, 1.54) is 12.4 Å². The fourth-order valence-corrected chi connectivity index (χ4v) is 3.30. The molecule has 0 bridgehead atoms. The molecule has 150 valence electrons. The maximum Gasteiger partial charge on any atom is 0.433 e. The third-order valence-electron chi connectivity index (χ3n) is 4.78. The summed E-state index contributed by atoms with van der Waals surface area (Å²) in [4.78, 5) is 25.7. The first-order valence-electron chi connectivity index (χ1n) is 9.19. The molecule has 0 spiro atoms. The van der Waals surface area contributed by atoms with Gasteiger partial charge in [-0.3, -0.25) is 4.79 Å². The van der Waals surface area contributed by atoms with Gasteiger partial charge in [0, 0.05) is 37.1 Å². The van der Waals surface area contributed by atoms with Crippen molar-refractivity contribution in [3.05, 3.63) is 47.7 Å². The standard InChI is InChI=1S/C19H22F3N5O/c1-13-4-2-3-7-27(13)18-15(5-6-16(26-18)19(20,21)22)11-25-17(28)8-14-9-23-12-24-10-14/h5-6,9-10,12-13H,2-4,7-8,11H2,1H3,(H,25,28). The molecule has 1 aliphatic rings. The van der Waals surface area contributed by atoms with Crippen LogP contribution in [-0.2, 0) is 23.9 Å². The second-order valence-corrected chi connectivity index (χ2v) is 6.92. The van der Waals surface area contributed by atoms with Crippen LogP contribution in [0.25, 0.3) is 0 Å². The molecule has 28 heavy (non-hydrogen) atoms. The first-order valence-corrected chi connectivity index (χ1v) is 9.19. The van der Waals surface area contributed by atoms with Crippen molar-refractivity contribution in [1.82, 2.24) is 20.3 Å². The van der Waals surface area contributed by atoms with E-state index in [1.807, 2.05) is 11.8 Å². The number of nitrogens with one attached hydrogen (secondary N) is 1. The van der Waals surface area contributed by atoms with E-state index in [2.05, 4.69) is 20.3 Å². The summed E-state index contributed by atoms with van der Waals surface area (Å²) in [5, 5.41) is 2.76. The summed E-state index contributed by atoms with van der Waals surface area (Å²) in [6.45, 7) is 2.74. The minimum atomic E-state index is -4.51. The van der Waals surface area contributed by atoms with Crippen LogP contribution in [0.5, 0.6) is 0 Å². The van der Waals surface area contributed by atoms with Crippen LogP contribution in [0.2, 0.25) is 0 Å². The van der Waals surface area contributed by atoms with Gasteiger partial charge < -0.3 is 10.2 Å². The van der Waals surface area contributed by atoms with Crippen LogP contribution in [0.1, 0.15) is 43.0 Å². The van der Waals surface area contributed by atoms with Crippen LogP contribution in [0.3, 0.4) is 0 Å². The van der Waals surface area contributed by atoms with Crippen molar-refractivity contribution in [2.45, 2.75) is 51.4 Å². The lowest BCUT2D eigenvalue weighted by atomic mass is 10.0. The molecule has 3 rings (SSSR count). The Morgan fingerprint density at radius 1 is 1.25 bits per heavy atom. The second kappa shape index (κ2) is 8.53. The third kappa shape index (κ3) is 4.96. The lowest BCUT2D eigenvalue weighted by Gasteiger charge is -2.36. The highest BCUT2D eigenvalue weighted by atomic mass is 19.4. The van der Waals surface area contributed by atoms with Crippen LogP contribution < -0.4 is 10.2 Å². The van der Waals surface area contributed by atoms with Gasteiger partial charge in [-0.2, -0.15) is 13.2 Å². The monoisotopic (exact) mass is 393 g/mol. The van der Waals surface area contributed by atoms with E-state index in [4.69, 9.17) is 0 Å². The van der Waals surface area contributed by atoms with E-state index in [0.717, 1.165) is 25.3 Å². The summed E-state index contributed by atoms with van der Waals surface area (Å²) in [6, 6.07) is 2.46. The lowest BCUT2D eigenvalue weighted by molar-refractivity contribution is -0.141. The first-order chi connectivity index (χ1) is 13.3. The van der Waals surface area contributed by atoms with Crippen molar-refractivity contribution in [2.75, 3.05) is 11.4 Å². The highest BCUT2D eigenvalue weighted by Gasteiger charge is 2.34. The van der Waals surface area contributed by atoms with Crippen molar-refractivity contribution in [1.29, 1.82) is 0 Å². The molecule has 3 heterocycles. The molecule has 1 N–H and O–H groups in total. The van der Waals surface area contributed by atoms with Crippen molar-refractivity contribution >= 4 is 11.7 Å². The Morgan fingerprint density at radius 3 is 2.68 bits per heavy atom. The molecule has 1 unspecified atom stereocenters. The Bertz CT molecular complexity index is 813. The van der Waals surface area contributed by atoms with E-state index >= 15 is 0 Å². The maximum atomic E-state index is 13.2. The SMILES string of the molecule is CC1CCCCN1c1nc(C(F)(F)F)ccc1CNC(=O)Cc1cncnc1. The fraction of sp³-hybridized carbons (Fsp3) is 0.474. The number of amides is 1. The van der Waals surface area contributed by atoms with E-state index in [-0.39, 0.29) is 24.9 Å². The number of carbonyl (C=O) groups excluding carboxylic acids is 1. The van der Waals surface area contributed by atoms with Gasteiger partial charge >= 0.3 is 6.18 Å². The number of pyridine rings is 1. The van der Waals surface area contributed by atoms with Gasteiger partial charge in [0.05, 0.1) is 6.42 Å². The summed E-state index contributed by atoms with van der Waals surface area (Å²) in [5.41, 5.74) is 0.312. The maximum absolute atomic E-state index is 13.2. The minimum absolute atomic E-state index is 0.0978. The normalized spacial score (nSPS) is 17.4. The summed E-state index contributed by atoms with van der Waals surface area (Å²) in [6.07, 6.45) is 2.91. The van der Waals surface area contributed by atoms with Crippen molar-refractivity contribution in [3.8, 4) is 0 Å². The minimum Gasteiger partial charge on any atom is -0.354 e. The van der Waals surface area contributed by atoms with Gasteiger partial charge in [0.15, 0.2) is 0 Å². The summed E-state index contributed by atoms with van der Waals surface area (Å²) in [5.74, 6) is 0.0395. The van der Waals surface area contributed by atoms with Crippen LogP contribution in [0.15, 0.2) is 30.9 Å². The summed E-state index contributed by atoms with van der Waals surface area (Å²) >= 11 is 0. The van der Waals surface area contributed by atoms with Crippen LogP contribution in [0.4, 0.5) is 19.0 Å². The predicted molar refractivity (Wildman–Crippen MR) is 97.5 cm³/mol. The van der Waals surface area contributed by atoms with Gasteiger partial charge in [0.25, 0.3) is 0 Å². The second-order valence-electron chi connectivity index (χ2n) is 6.92. The molecule has 6 nitrogen and oxygen atoms in total. The molecule has 0 radical (unpaired) electrons. The molecular formula is C19H22F3N5O. The largest absolute Gasteiger partial charge is 0.433 e. The highest BCUT2D eigenvalue weighted by molar-refractivity contribution is 5.78. The van der Waals surface area contributed by atoms with Gasteiger partial charge in [-0.1, -0.05) is 6.07 Å². The zero-order valence-electron chi connectivity index (χ0n) is 15.5. The highest BCUT2D eigenvalue weighted by Crippen LogP contribution is 2.32. The molecule has 2 aromatic rings. The van der Waals surface area contributed by atoms with Gasteiger partial charge in [-0.25, -0.2) is 15.0 Å². The number of aromatic nitrogens is 3. The molecule has 2 aromatic heterocycles. The molecule has 1 aliphatic heterocycles. The zero-order valence-corrected chi connectivity index (χ0v) is 15.5. The topological polar surface area (TPSA) is 71.0 Å². The zero-order chi connectivity index (χ0) is 20.1. The number of rotatable bonds is 5. The smallest absolute Gasteiger partial charge is 0.354 e. The number of nitrogens with zero attached hydrogens (tertiary/aromatic N) is 4. The third-order valence-corrected chi connectivity index (χ3v) is 4.78. The number of piperidine rings is 1. The van der Waals surface area contributed by atoms with Crippen LogP contribution in [0, 0.1) is 0 Å². The molecule has 1 amide bonds. The van der Waals surface area contributed by atoms with Gasteiger partial charge in [0.1, 0.15) is 17.8 Å². The van der Waals surface area contributed by atoms with Crippen molar-refractivity contribution in [2.24, 2.45) is 0 Å². The molecule has 0 aliphatic carbocycles. The van der Waals surface area contributed by atoms with Gasteiger partial charge in [-0.05, 0) is 37.8 Å². The quantitative estimate of drug-likeness (QED) is 0.845. The van der Waals surface area contributed by atoms with Crippen molar-refractivity contribution < 1.29 is 18.0 Å². The van der Waals surface area contributed by atoms with Crippen LogP contribution in [-0.4, -0.2) is 33.4 Å². The van der Waals surface area contributed by atoms with Gasteiger partial charge in [-0.15, -0.1) is 0 Å². The van der Waals surface area contributed by atoms with E-state index in [9.17, 15) is 18.0 Å².